The molecule has 0 fully saturated rings. The molecule has 0 radical (unpaired) electrons. The molecule has 0 atom stereocenters. The zero-order valence-electron chi connectivity index (χ0n) is 26.3. The highest BCUT2D eigenvalue weighted by Crippen LogP contribution is 2.29. The maximum Gasteiger partial charge on any atom is 0.134 e. The fourth-order valence-electron chi connectivity index (χ4n) is 4.81. The number of rotatable bonds is 17. The van der Waals surface area contributed by atoms with Crippen molar-refractivity contribution in [2.75, 3.05) is 13.2 Å². The number of terminal acetylenes is 2. The molecule has 0 N–H and O–H groups in total. The van der Waals surface area contributed by atoms with Crippen molar-refractivity contribution in [3.63, 3.8) is 0 Å². The van der Waals surface area contributed by atoms with E-state index in [2.05, 4.69) is 77.6 Å². The third kappa shape index (κ3) is 12.1. The summed E-state index contributed by atoms with van der Waals surface area (Å²) < 4.78 is 12.0. The zero-order chi connectivity index (χ0) is 29.4. The summed E-state index contributed by atoms with van der Waals surface area (Å²) in [5, 5.41) is 0. The molecule has 2 aromatic rings. The van der Waals surface area contributed by atoms with Crippen LogP contribution in [0.1, 0.15) is 141 Å². The summed E-state index contributed by atoms with van der Waals surface area (Å²) >= 11 is 0. The van der Waals surface area contributed by atoms with Crippen LogP contribution in [0.2, 0.25) is 0 Å². The van der Waals surface area contributed by atoms with Crippen LogP contribution in [0.4, 0.5) is 0 Å². The first-order valence-corrected chi connectivity index (χ1v) is 15.5. The average molecular weight is 543 g/mol. The molecule has 40 heavy (non-hydrogen) atoms. The van der Waals surface area contributed by atoms with Crippen molar-refractivity contribution in [1.29, 1.82) is 0 Å². The molecule has 0 saturated carbocycles. The lowest BCUT2D eigenvalue weighted by Crippen LogP contribution is -2.11. The van der Waals surface area contributed by atoms with E-state index >= 15 is 0 Å². The summed E-state index contributed by atoms with van der Waals surface area (Å²) in [5.74, 6) is 7.26. The Balaban J connectivity index is 1.43. The van der Waals surface area contributed by atoms with Crippen LogP contribution < -0.4 is 9.47 Å². The van der Waals surface area contributed by atoms with Gasteiger partial charge in [0.05, 0.1) is 24.3 Å². The quantitative estimate of drug-likeness (QED) is 0.146. The minimum Gasteiger partial charge on any atom is -0.492 e. The van der Waals surface area contributed by atoms with Gasteiger partial charge in [0.25, 0.3) is 0 Å². The van der Waals surface area contributed by atoms with Crippen molar-refractivity contribution < 1.29 is 9.47 Å². The fourth-order valence-corrected chi connectivity index (χ4v) is 4.81. The second-order valence-corrected chi connectivity index (χ2v) is 13.2. The Bertz CT molecular complexity index is 1010. The van der Waals surface area contributed by atoms with Crippen LogP contribution in [0.5, 0.6) is 11.5 Å². The van der Waals surface area contributed by atoms with E-state index in [4.69, 9.17) is 22.3 Å². The molecule has 0 aliphatic rings. The second kappa shape index (κ2) is 17.1. The van der Waals surface area contributed by atoms with Crippen LogP contribution in [-0.4, -0.2) is 13.2 Å². The van der Waals surface area contributed by atoms with Crippen LogP contribution in [0.15, 0.2) is 36.4 Å². The highest BCUT2D eigenvalue weighted by Gasteiger charge is 2.16. The Morgan fingerprint density at radius 3 is 1.07 bits per heavy atom. The van der Waals surface area contributed by atoms with Crippen LogP contribution in [0.3, 0.4) is 0 Å². The monoisotopic (exact) mass is 542 g/mol. The summed E-state index contributed by atoms with van der Waals surface area (Å²) in [6.07, 6.45) is 26.7. The molecule has 0 saturated heterocycles. The van der Waals surface area contributed by atoms with Gasteiger partial charge in [0, 0.05) is 0 Å². The number of benzene rings is 2. The maximum atomic E-state index is 5.99. The van der Waals surface area contributed by atoms with Crippen molar-refractivity contribution in [3.8, 4) is 36.2 Å². The second-order valence-electron chi connectivity index (χ2n) is 13.2. The molecular formula is C38H54O2. The standard InChI is InChI=1S/C38H54O2/c1-9-31-29-33(37(3,4)5)23-25-35(31)39-27-21-19-17-15-13-11-12-14-16-18-20-22-28-40-36-26-24-34(38(6,7)8)30-32(36)10-2/h1-2,23-26,29-30H,11-22,27-28H2,3-8H3. The molecular weight excluding hydrogens is 488 g/mol. The summed E-state index contributed by atoms with van der Waals surface area (Å²) in [6, 6.07) is 12.5. The van der Waals surface area contributed by atoms with E-state index in [0.717, 1.165) is 48.7 Å². The van der Waals surface area contributed by atoms with Gasteiger partial charge in [-0.25, -0.2) is 0 Å². The van der Waals surface area contributed by atoms with E-state index in [9.17, 15) is 0 Å². The van der Waals surface area contributed by atoms with E-state index in [-0.39, 0.29) is 10.8 Å². The Morgan fingerprint density at radius 2 is 0.800 bits per heavy atom. The van der Waals surface area contributed by atoms with Gasteiger partial charge in [0.2, 0.25) is 0 Å². The normalized spacial score (nSPS) is 11.6. The first kappa shape index (κ1) is 33.4. The minimum absolute atomic E-state index is 0.0909. The molecule has 2 heteroatoms. The Labute approximate surface area is 246 Å². The van der Waals surface area contributed by atoms with E-state index < -0.39 is 0 Å². The van der Waals surface area contributed by atoms with E-state index in [1.54, 1.807) is 0 Å². The van der Waals surface area contributed by atoms with Gasteiger partial charge >= 0.3 is 0 Å². The first-order valence-electron chi connectivity index (χ1n) is 15.5. The van der Waals surface area contributed by atoms with Crippen molar-refractivity contribution in [1.82, 2.24) is 0 Å². The number of hydrogen-bond donors (Lipinski definition) is 0. The van der Waals surface area contributed by atoms with E-state index in [0.29, 0.717) is 0 Å². The molecule has 2 nitrogen and oxygen atoms in total. The van der Waals surface area contributed by atoms with Gasteiger partial charge in [-0.05, 0) is 59.1 Å². The highest BCUT2D eigenvalue weighted by atomic mass is 16.5. The molecule has 0 amide bonds. The highest BCUT2D eigenvalue weighted by molar-refractivity contribution is 5.49. The maximum absolute atomic E-state index is 5.99. The number of hydrogen-bond acceptors (Lipinski definition) is 2. The van der Waals surface area contributed by atoms with Crippen LogP contribution in [0, 0.1) is 24.7 Å². The Morgan fingerprint density at radius 1 is 0.500 bits per heavy atom. The number of ether oxygens (including phenoxy) is 2. The third-order valence-electron chi connectivity index (χ3n) is 7.56. The summed E-state index contributed by atoms with van der Waals surface area (Å²) in [6.45, 7) is 14.7. The van der Waals surface area contributed by atoms with Crippen molar-refractivity contribution in [3.05, 3.63) is 58.7 Å². The smallest absolute Gasteiger partial charge is 0.134 e. The Hall–Kier alpha value is -2.84. The number of unbranched alkanes of at least 4 members (excludes halogenated alkanes) is 11. The first-order chi connectivity index (χ1) is 19.1. The fraction of sp³-hybridized carbons (Fsp3) is 0.579. The summed E-state index contributed by atoms with van der Waals surface area (Å²) in [5.41, 5.74) is 4.40. The zero-order valence-corrected chi connectivity index (χ0v) is 26.3. The summed E-state index contributed by atoms with van der Waals surface area (Å²) in [7, 11) is 0. The predicted octanol–water partition coefficient (Wildman–Crippen LogP) is 10.4. The van der Waals surface area contributed by atoms with Gasteiger partial charge in [-0.2, -0.15) is 0 Å². The lowest BCUT2D eigenvalue weighted by molar-refractivity contribution is 0.302. The minimum atomic E-state index is 0.0909. The molecule has 0 aliphatic heterocycles. The predicted molar refractivity (Wildman–Crippen MR) is 173 cm³/mol. The molecule has 218 valence electrons. The van der Waals surface area contributed by atoms with Gasteiger partial charge in [-0.15, -0.1) is 12.8 Å². The van der Waals surface area contributed by atoms with E-state index in [1.165, 1.54) is 75.3 Å². The van der Waals surface area contributed by atoms with Crippen molar-refractivity contribution in [2.45, 2.75) is 129 Å². The Kier molecular flexibility index (Phi) is 14.2. The molecule has 2 rings (SSSR count). The van der Waals surface area contributed by atoms with Gasteiger partial charge in [-0.3, -0.25) is 0 Å². The van der Waals surface area contributed by atoms with Crippen molar-refractivity contribution in [2.24, 2.45) is 0 Å². The van der Waals surface area contributed by atoms with Gasteiger partial charge in [0.15, 0.2) is 0 Å². The molecule has 0 spiro atoms. The van der Waals surface area contributed by atoms with E-state index in [1.807, 2.05) is 12.1 Å². The average Bonchev–Trinajstić information content (AvgIpc) is 2.91. The SMILES string of the molecule is C#Cc1cc(C(C)(C)C)ccc1OCCCCCCCCCCCCCCOc1ccc(C(C)(C)C)cc1C#C. The summed E-state index contributed by atoms with van der Waals surface area (Å²) in [4.78, 5) is 0. The third-order valence-corrected chi connectivity index (χ3v) is 7.56. The topological polar surface area (TPSA) is 18.5 Å². The molecule has 0 aliphatic carbocycles. The lowest BCUT2D eigenvalue weighted by atomic mass is 9.86. The van der Waals surface area contributed by atoms with Gasteiger partial charge in [0.1, 0.15) is 11.5 Å². The lowest BCUT2D eigenvalue weighted by Gasteiger charge is -2.20. The molecule has 0 aromatic heterocycles. The van der Waals surface area contributed by atoms with Crippen LogP contribution in [0.25, 0.3) is 0 Å². The van der Waals surface area contributed by atoms with Crippen LogP contribution in [-0.2, 0) is 10.8 Å². The van der Waals surface area contributed by atoms with Crippen molar-refractivity contribution >= 4 is 0 Å². The van der Waals surface area contributed by atoms with Gasteiger partial charge in [-0.1, -0.05) is 130 Å². The molecule has 0 bridgehead atoms. The molecule has 0 heterocycles. The van der Waals surface area contributed by atoms with Gasteiger partial charge < -0.3 is 9.47 Å². The molecule has 0 unspecified atom stereocenters. The van der Waals surface area contributed by atoms with Crippen LogP contribution >= 0.6 is 0 Å². The largest absolute Gasteiger partial charge is 0.492 e. The molecule has 2 aromatic carbocycles.